The Bertz CT molecular complexity index is 985. The van der Waals surface area contributed by atoms with Gasteiger partial charge >= 0.3 is 179 Å². The van der Waals surface area contributed by atoms with Crippen molar-refractivity contribution in [1.29, 1.82) is 0 Å². The molecule has 4 rings (SSSR count). The molecule has 0 N–H and O–H groups in total. The molecule has 0 nitrogen and oxygen atoms in total. The fourth-order valence-corrected chi connectivity index (χ4v) is 10.6. The van der Waals surface area contributed by atoms with Gasteiger partial charge in [-0.1, -0.05) is 0 Å². The molecule has 0 amide bonds. The number of hydrogen-bond acceptors (Lipinski definition) is 0. The number of aryl methyl sites for hydroxylation is 2. The molecule has 0 heterocycles. The maximum atomic E-state index is 8.18. The van der Waals surface area contributed by atoms with Gasteiger partial charge in [-0.2, -0.15) is 0 Å². The van der Waals surface area contributed by atoms with Crippen LogP contribution in [0.5, 0.6) is 0 Å². The standard InChI is InChI=1S/C27H26ClP/c1-22-13-12-14-23(2)27(22)21-29(28,24-15-6-3-7-16-24,25-17-8-4-9-18-25)26-19-10-5-11-20-26/h3-20H,21H2,1-2H3. The van der Waals surface area contributed by atoms with E-state index in [0.717, 1.165) is 6.16 Å². The van der Waals surface area contributed by atoms with Crippen molar-refractivity contribution in [2.75, 3.05) is 0 Å². The Kier molecular flexibility index (Phi) is 5.34. The van der Waals surface area contributed by atoms with E-state index in [1.165, 1.54) is 32.6 Å². The molecule has 0 aliphatic rings. The summed E-state index contributed by atoms with van der Waals surface area (Å²) in [5.74, 6) is -3.27. The van der Waals surface area contributed by atoms with E-state index in [0.29, 0.717) is 0 Å². The Hall–Kier alpha value is -2.40. The third kappa shape index (κ3) is 3.31. The van der Waals surface area contributed by atoms with E-state index in [2.05, 4.69) is 123 Å². The van der Waals surface area contributed by atoms with Crippen LogP contribution in [0, 0.1) is 13.8 Å². The van der Waals surface area contributed by atoms with E-state index in [-0.39, 0.29) is 0 Å². The second-order valence-corrected chi connectivity index (χ2v) is 14.2. The van der Waals surface area contributed by atoms with Gasteiger partial charge in [0.1, 0.15) is 0 Å². The molecule has 0 aromatic heterocycles. The summed E-state index contributed by atoms with van der Waals surface area (Å²) in [5.41, 5.74) is 3.93. The maximum absolute atomic E-state index is 8.18. The third-order valence-corrected chi connectivity index (χ3v) is 13.1. The topological polar surface area (TPSA) is 0 Å². The van der Waals surface area contributed by atoms with Crippen LogP contribution in [0.1, 0.15) is 16.7 Å². The molecule has 0 spiro atoms. The zero-order valence-electron chi connectivity index (χ0n) is 16.9. The Morgan fingerprint density at radius 3 is 1.21 bits per heavy atom. The van der Waals surface area contributed by atoms with Gasteiger partial charge < -0.3 is 0 Å². The molecule has 29 heavy (non-hydrogen) atoms. The first-order chi connectivity index (χ1) is 14.0. The van der Waals surface area contributed by atoms with Crippen molar-refractivity contribution in [3.63, 3.8) is 0 Å². The van der Waals surface area contributed by atoms with Gasteiger partial charge in [-0.25, -0.2) is 0 Å². The van der Waals surface area contributed by atoms with Crippen LogP contribution < -0.4 is 15.9 Å². The molecule has 4 aromatic carbocycles. The fourth-order valence-electron chi connectivity index (χ4n) is 4.33. The van der Waals surface area contributed by atoms with Crippen LogP contribution in [0.25, 0.3) is 0 Å². The summed E-state index contributed by atoms with van der Waals surface area (Å²) in [6.07, 6.45) is 0.795. The van der Waals surface area contributed by atoms with Crippen molar-refractivity contribution in [3.05, 3.63) is 126 Å². The third-order valence-electron chi connectivity index (χ3n) is 5.98. The second-order valence-electron chi connectivity index (χ2n) is 7.72. The number of halogens is 1. The van der Waals surface area contributed by atoms with Crippen LogP contribution >= 0.6 is 17.2 Å². The molecule has 4 aromatic rings. The van der Waals surface area contributed by atoms with E-state index in [1.807, 2.05) is 0 Å². The molecular weight excluding hydrogens is 391 g/mol. The minimum absolute atomic E-state index is 0.795. The summed E-state index contributed by atoms with van der Waals surface area (Å²) in [4.78, 5) is 0. The summed E-state index contributed by atoms with van der Waals surface area (Å²) in [6.45, 7) is 4.39. The summed E-state index contributed by atoms with van der Waals surface area (Å²) in [5, 5.41) is 3.63. The van der Waals surface area contributed by atoms with Crippen LogP contribution in [-0.2, 0) is 6.16 Å². The first-order valence-electron chi connectivity index (χ1n) is 9.99. The summed E-state index contributed by atoms with van der Waals surface area (Å²) in [6, 6.07) is 38.6. The SMILES string of the molecule is Cc1cccc(C)c1CP(Cl)(c1ccccc1)(c1ccccc1)c1ccccc1. The first-order valence-corrected chi connectivity index (χ1v) is 13.3. The van der Waals surface area contributed by atoms with Gasteiger partial charge in [-0.15, -0.1) is 0 Å². The molecule has 0 saturated heterocycles. The van der Waals surface area contributed by atoms with Gasteiger partial charge in [0.05, 0.1) is 0 Å². The number of hydrogen-bond donors (Lipinski definition) is 0. The quantitative estimate of drug-likeness (QED) is 0.326. The zero-order chi connectivity index (χ0) is 20.3. The first kappa shape index (κ1) is 19.9. The average Bonchev–Trinajstić information content (AvgIpc) is 2.78. The Balaban J connectivity index is 2.13. The van der Waals surface area contributed by atoms with E-state index < -0.39 is 5.96 Å². The molecule has 0 saturated carbocycles. The van der Waals surface area contributed by atoms with Crippen molar-refractivity contribution in [2.24, 2.45) is 0 Å². The van der Waals surface area contributed by atoms with E-state index in [1.54, 1.807) is 0 Å². The van der Waals surface area contributed by atoms with Gasteiger partial charge in [0, 0.05) is 0 Å². The van der Waals surface area contributed by atoms with Crippen LogP contribution in [-0.4, -0.2) is 0 Å². The van der Waals surface area contributed by atoms with Crippen molar-refractivity contribution in [2.45, 2.75) is 20.0 Å². The van der Waals surface area contributed by atoms with Gasteiger partial charge in [0.15, 0.2) is 0 Å². The Labute approximate surface area is 178 Å². The minimum atomic E-state index is -3.27. The predicted octanol–water partition coefficient (Wildman–Crippen LogP) is 6.49. The van der Waals surface area contributed by atoms with Crippen molar-refractivity contribution >= 4 is 33.1 Å². The molecule has 0 aliphatic heterocycles. The summed E-state index contributed by atoms with van der Waals surface area (Å²) < 4.78 is 0. The van der Waals surface area contributed by atoms with Crippen LogP contribution in [0.2, 0.25) is 0 Å². The Morgan fingerprint density at radius 2 is 0.862 bits per heavy atom. The number of benzene rings is 4. The summed E-state index contributed by atoms with van der Waals surface area (Å²) >= 11 is 8.18. The van der Waals surface area contributed by atoms with Crippen LogP contribution in [0.15, 0.2) is 109 Å². The normalized spacial score (nSPS) is 12.9. The molecule has 0 unspecified atom stereocenters. The molecule has 0 atom stereocenters. The van der Waals surface area contributed by atoms with Crippen molar-refractivity contribution < 1.29 is 0 Å². The van der Waals surface area contributed by atoms with Gasteiger partial charge in [-0.3, -0.25) is 0 Å². The van der Waals surface area contributed by atoms with Gasteiger partial charge in [-0.05, 0) is 0 Å². The zero-order valence-corrected chi connectivity index (χ0v) is 18.6. The summed E-state index contributed by atoms with van der Waals surface area (Å²) in [7, 11) is 0. The second kappa shape index (κ2) is 7.79. The van der Waals surface area contributed by atoms with Crippen LogP contribution in [0.3, 0.4) is 0 Å². The van der Waals surface area contributed by atoms with Gasteiger partial charge in [0.2, 0.25) is 0 Å². The molecular formula is C27H26ClP. The fraction of sp³-hybridized carbons (Fsp3) is 0.111. The molecule has 0 bridgehead atoms. The van der Waals surface area contributed by atoms with E-state index >= 15 is 0 Å². The molecule has 146 valence electrons. The van der Waals surface area contributed by atoms with Crippen LogP contribution in [0.4, 0.5) is 0 Å². The molecule has 2 heteroatoms. The van der Waals surface area contributed by atoms with E-state index in [9.17, 15) is 0 Å². The van der Waals surface area contributed by atoms with Crippen molar-refractivity contribution in [1.82, 2.24) is 0 Å². The predicted molar refractivity (Wildman–Crippen MR) is 131 cm³/mol. The molecule has 0 aliphatic carbocycles. The van der Waals surface area contributed by atoms with Gasteiger partial charge in [0.25, 0.3) is 0 Å². The molecule has 0 radical (unpaired) electrons. The average molecular weight is 417 g/mol. The van der Waals surface area contributed by atoms with Crippen molar-refractivity contribution in [3.8, 4) is 0 Å². The monoisotopic (exact) mass is 416 g/mol. The Morgan fingerprint density at radius 1 is 0.517 bits per heavy atom. The molecule has 0 fully saturated rings. The number of rotatable bonds is 5. The van der Waals surface area contributed by atoms with E-state index in [4.69, 9.17) is 11.2 Å².